The van der Waals surface area contributed by atoms with Crippen LogP contribution in [0.2, 0.25) is 0 Å². The zero-order valence-corrected chi connectivity index (χ0v) is 12.7. The Morgan fingerprint density at radius 3 is 2.52 bits per heavy atom. The van der Waals surface area contributed by atoms with Crippen molar-refractivity contribution in [2.75, 3.05) is 18.5 Å². The Hall–Kier alpha value is -3.04. The van der Waals surface area contributed by atoms with Gasteiger partial charge >= 0.3 is 6.03 Å². The third-order valence-corrected chi connectivity index (χ3v) is 3.06. The fourth-order valence-corrected chi connectivity index (χ4v) is 1.91. The lowest BCUT2D eigenvalue weighted by Gasteiger charge is -2.11. The largest absolute Gasteiger partial charge is 0.457 e. The number of hydrogen-bond acceptors (Lipinski definition) is 4. The van der Waals surface area contributed by atoms with E-state index in [0.717, 1.165) is 5.56 Å². The first kappa shape index (κ1) is 16.3. The average Bonchev–Trinajstić information content (AvgIpc) is 2.56. The summed E-state index contributed by atoms with van der Waals surface area (Å²) in [6.45, 7) is 1.95. The van der Waals surface area contributed by atoms with Gasteiger partial charge in [0.1, 0.15) is 11.5 Å². The van der Waals surface area contributed by atoms with Gasteiger partial charge < -0.3 is 20.5 Å². The van der Waals surface area contributed by atoms with Crippen LogP contribution in [-0.2, 0) is 0 Å². The minimum Gasteiger partial charge on any atom is -0.457 e. The Kier molecular flexibility index (Phi) is 5.56. The van der Waals surface area contributed by atoms with Crippen LogP contribution in [0.1, 0.15) is 11.1 Å². The molecule has 2 aromatic rings. The monoisotopic (exact) mass is 311 g/mol. The molecule has 0 spiro atoms. The van der Waals surface area contributed by atoms with E-state index >= 15 is 0 Å². The van der Waals surface area contributed by atoms with Gasteiger partial charge in [-0.3, -0.25) is 0 Å². The van der Waals surface area contributed by atoms with Crippen LogP contribution < -0.4 is 15.4 Å². The van der Waals surface area contributed by atoms with Crippen molar-refractivity contribution in [3.8, 4) is 17.6 Å². The quantitative estimate of drug-likeness (QED) is 0.791. The SMILES string of the molecule is Cc1cc(Oc2ccc(C#N)cc2)ccc1NC(=O)NCCO. The van der Waals surface area contributed by atoms with Crippen LogP contribution in [0.25, 0.3) is 0 Å². The van der Waals surface area contributed by atoms with E-state index in [1.54, 1.807) is 42.5 Å². The standard InChI is InChI=1S/C17H17N3O3/c1-12-10-15(23-14-4-2-13(11-18)3-5-14)6-7-16(12)20-17(22)19-8-9-21/h2-7,10,21H,8-9H2,1H3,(H2,19,20,22). The van der Waals surface area contributed by atoms with E-state index in [1.807, 2.05) is 13.0 Å². The third kappa shape index (κ3) is 4.73. The number of carbonyl (C=O) groups is 1. The normalized spacial score (nSPS) is 9.78. The van der Waals surface area contributed by atoms with Crippen molar-refractivity contribution < 1.29 is 14.6 Å². The lowest BCUT2D eigenvalue weighted by Crippen LogP contribution is -2.31. The van der Waals surface area contributed by atoms with E-state index in [1.165, 1.54) is 0 Å². The molecule has 2 amide bonds. The molecule has 0 heterocycles. The highest BCUT2D eigenvalue weighted by molar-refractivity contribution is 5.90. The van der Waals surface area contributed by atoms with Gasteiger partial charge in [0, 0.05) is 12.2 Å². The number of aryl methyl sites for hydroxylation is 1. The molecule has 118 valence electrons. The molecule has 0 bridgehead atoms. The number of amides is 2. The lowest BCUT2D eigenvalue weighted by molar-refractivity contribution is 0.245. The number of aliphatic hydroxyl groups is 1. The van der Waals surface area contributed by atoms with Crippen LogP contribution in [0.3, 0.4) is 0 Å². The van der Waals surface area contributed by atoms with Crippen molar-refractivity contribution >= 4 is 11.7 Å². The fraction of sp³-hybridized carbons (Fsp3) is 0.176. The van der Waals surface area contributed by atoms with Crippen LogP contribution in [0, 0.1) is 18.3 Å². The van der Waals surface area contributed by atoms with Gasteiger partial charge in [0.15, 0.2) is 0 Å². The van der Waals surface area contributed by atoms with Crippen LogP contribution >= 0.6 is 0 Å². The maximum atomic E-state index is 11.6. The molecule has 0 saturated carbocycles. The van der Waals surface area contributed by atoms with Crippen molar-refractivity contribution in [3.63, 3.8) is 0 Å². The average molecular weight is 311 g/mol. The van der Waals surface area contributed by atoms with Gasteiger partial charge in [-0.25, -0.2) is 4.79 Å². The van der Waals surface area contributed by atoms with Gasteiger partial charge in [-0.1, -0.05) is 0 Å². The number of ether oxygens (including phenoxy) is 1. The number of nitrogens with zero attached hydrogens (tertiary/aromatic N) is 1. The first-order chi connectivity index (χ1) is 11.1. The molecule has 0 unspecified atom stereocenters. The molecule has 0 aliphatic carbocycles. The maximum absolute atomic E-state index is 11.6. The predicted octanol–water partition coefficient (Wildman–Crippen LogP) is 2.77. The van der Waals surface area contributed by atoms with Crippen molar-refractivity contribution in [1.82, 2.24) is 5.32 Å². The summed E-state index contributed by atoms with van der Waals surface area (Å²) in [6.07, 6.45) is 0. The number of anilines is 1. The van der Waals surface area contributed by atoms with E-state index < -0.39 is 0 Å². The second kappa shape index (κ2) is 7.82. The Bertz CT molecular complexity index is 721. The summed E-state index contributed by atoms with van der Waals surface area (Å²) in [5.74, 6) is 1.26. The van der Waals surface area contributed by atoms with Crippen LogP contribution in [0.4, 0.5) is 10.5 Å². The van der Waals surface area contributed by atoms with E-state index in [4.69, 9.17) is 15.1 Å². The summed E-state index contributed by atoms with van der Waals surface area (Å²) in [7, 11) is 0. The van der Waals surface area contributed by atoms with E-state index in [9.17, 15) is 4.79 Å². The minimum atomic E-state index is -0.372. The molecular formula is C17H17N3O3. The number of rotatable bonds is 5. The third-order valence-electron chi connectivity index (χ3n) is 3.06. The number of carbonyl (C=O) groups excluding carboxylic acids is 1. The van der Waals surface area contributed by atoms with Crippen LogP contribution in [0.5, 0.6) is 11.5 Å². The molecule has 0 aromatic heterocycles. The zero-order chi connectivity index (χ0) is 16.7. The van der Waals surface area contributed by atoms with Crippen LogP contribution in [0.15, 0.2) is 42.5 Å². The molecule has 6 nitrogen and oxygen atoms in total. The zero-order valence-electron chi connectivity index (χ0n) is 12.7. The second-order valence-electron chi connectivity index (χ2n) is 4.82. The Morgan fingerprint density at radius 2 is 1.91 bits per heavy atom. The molecule has 0 aliphatic heterocycles. The first-order valence-corrected chi connectivity index (χ1v) is 7.07. The molecule has 23 heavy (non-hydrogen) atoms. The predicted molar refractivity (Wildman–Crippen MR) is 86.5 cm³/mol. The molecular weight excluding hydrogens is 294 g/mol. The molecule has 0 radical (unpaired) electrons. The van der Waals surface area contributed by atoms with Crippen molar-refractivity contribution in [1.29, 1.82) is 5.26 Å². The highest BCUT2D eigenvalue weighted by Crippen LogP contribution is 2.26. The molecule has 2 rings (SSSR count). The lowest BCUT2D eigenvalue weighted by atomic mass is 10.2. The van der Waals surface area contributed by atoms with Gasteiger partial charge in [-0.05, 0) is 55.0 Å². The number of nitrogens with one attached hydrogen (secondary N) is 2. The summed E-state index contributed by atoms with van der Waals surface area (Å²) in [6, 6.07) is 13.8. The number of nitriles is 1. The molecule has 2 aromatic carbocycles. The minimum absolute atomic E-state index is 0.107. The van der Waals surface area contributed by atoms with E-state index in [0.29, 0.717) is 22.7 Å². The summed E-state index contributed by atoms with van der Waals surface area (Å²) < 4.78 is 5.71. The smallest absolute Gasteiger partial charge is 0.319 e. The summed E-state index contributed by atoms with van der Waals surface area (Å²) in [5, 5.41) is 22.6. The summed E-state index contributed by atoms with van der Waals surface area (Å²) in [4.78, 5) is 11.6. The Balaban J connectivity index is 2.03. The number of urea groups is 1. The summed E-state index contributed by atoms with van der Waals surface area (Å²) in [5.41, 5.74) is 2.07. The van der Waals surface area contributed by atoms with Gasteiger partial charge in [0.05, 0.1) is 18.2 Å². The highest BCUT2D eigenvalue weighted by atomic mass is 16.5. The Labute approximate surface area is 134 Å². The Morgan fingerprint density at radius 1 is 1.22 bits per heavy atom. The van der Waals surface area contributed by atoms with E-state index in [2.05, 4.69) is 10.6 Å². The fourth-order valence-electron chi connectivity index (χ4n) is 1.91. The molecule has 3 N–H and O–H groups in total. The van der Waals surface area contributed by atoms with Crippen molar-refractivity contribution in [2.45, 2.75) is 6.92 Å². The molecule has 6 heteroatoms. The first-order valence-electron chi connectivity index (χ1n) is 7.07. The maximum Gasteiger partial charge on any atom is 0.319 e. The molecule has 0 fully saturated rings. The molecule has 0 atom stereocenters. The molecule has 0 saturated heterocycles. The van der Waals surface area contributed by atoms with E-state index in [-0.39, 0.29) is 19.2 Å². The second-order valence-corrected chi connectivity index (χ2v) is 4.82. The molecule has 0 aliphatic rings. The van der Waals surface area contributed by atoms with Crippen LogP contribution in [-0.4, -0.2) is 24.3 Å². The van der Waals surface area contributed by atoms with Crippen molar-refractivity contribution in [2.24, 2.45) is 0 Å². The number of benzene rings is 2. The van der Waals surface area contributed by atoms with Gasteiger partial charge in [0.2, 0.25) is 0 Å². The van der Waals surface area contributed by atoms with Gasteiger partial charge in [-0.15, -0.1) is 0 Å². The van der Waals surface area contributed by atoms with Gasteiger partial charge in [-0.2, -0.15) is 5.26 Å². The van der Waals surface area contributed by atoms with Gasteiger partial charge in [0.25, 0.3) is 0 Å². The topological polar surface area (TPSA) is 94.4 Å². The number of hydrogen-bond donors (Lipinski definition) is 3. The highest BCUT2D eigenvalue weighted by Gasteiger charge is 2.06. The number of aliphatic hydroxyl groups excluding tert-OH is 1. The summed E-state index contributed by atoms with van der Waals surface area (Å²) >= 11 is 0. The van der Waals surface area contributed by atoms with Crippen molar-refractivity contribution in [3.05, 3.63) is 53.6 Å².